The minimum atomic E-state index is -0.161. The summed E-state index contributed by atoms with van der Waals surface area (Å²) in [5.41, 5.74) is 0.707. The molecule has 0 unspecified atom stereocenters. The Bertz CT molecular complexity index is 557. The first-order valence-corrected chi connectivity index (χ1v) is 8.11. The van der Waals surface area contributed by atoms with Gasteiger partial charge in [-0.2, -0.15) is 0 Å². The second kappa shape index (κ2) is 6.57. The number of urea groups is 1. The number of carbonyl (C=O) groups excluding carboxylic acids is 2. The number of carbonyl (C=O) groups is 2. The third kappa shape index (κ3) is 3.91. The van der Waals surface area contributed by atoms with Crippen LogP contribution in [0.5, 0.6) is 0 Å². The molecule has 1 aromatic carbocycles. The lowest BCUT2D eigenvalue weighted by atomic mass is 9.97. The molecule has 0 spiro atoms. The molecule has 3 rings (SSSR count). The number of anilines is 1. The van der Waals surface area contributed by atoms with E-state index in [9.17, 15) is 9.59 Å². The zero-order valence-electron chi connectivity index (χ0n) is 12.3. The van der Waals surface area contributed by atoms with Gasteiger partial charge in [-0.15, -0.1) is 0 Å². The van der Waals surface area contributed by atoms with Crippen LogP contribution in [-0.4, -0.2) is 36.0 Å². The lowest BCUT2D eigenvalue weighted by Gasteiger charge is -2.32. The van der Waals surface area contributed by atoms with Gasteiger partial charge in [-0.3, -0.25) is 4.79 Å². The quantitative estimate of drug-likeness (QED) is 0.899. The predicted octanol–water partition coefficient (Wildman–Crippen LogP) is 2.86. The Balaban J connectivity index is 1.55. The molecule has 6 heteroatoms. The van der Waals surface area contributed by atoms with Crippen molar-refractivity contribution in [1.82, 2.24) is 10.2 Å². The Morgan fingerprint density at radius 3 is 2.55 bits per heavy atom. The van der Waals surface area contributed by atoms with Gasteiger partial charge in [-0.1, -0.05) is 11.6 Å². The summed E-state index contributed by atoms with van der Waals surface area (Å²) in [7, 11) is 0. The Morgan fingerprint density at radius 2 is 1.86 bits per heavy atom. The van der Waals surface area contributed by atoms with Crippen molar-refractivity contribution in [3.05, 3.63) is 29.3 Å². The number of nitrogens with zero attached hydrogens (tertiary/aromatic N) is 1. The van der Waals surface area contributed by atoms with Gasteiger partial charge in [0.05, 0.1) is 5.92 Å². The monoisotopic (exact) mass is 321 g/mol. The first-order chi connectivity index (χ1) is 10.6. The fourth-order valence-corrected chi connectivity index (χ4v) is 2.78. The highest BCUT2D eigenvalue weighted by molar-refractivity contribution is 6.30. The van der Waals surface area contributed by atoms with Crippen molar-refractivity contribution in [2.45, 2.75) is 31.7 Å². The zero-order chi connectivity index (χ0) is 15.5. The number of halogens is 1. The van der Waals surface area contributed by atoms with E-state index in [2.05, 4.69) is 10.6 Å². The minimum Gasteiger partial charge on any atom is -0.353 e. The standard InChI is InChI=1S/C16H20ClN3O2/c17-12-3-5-14(6-4-12)19-16(22)20-9-1-2-11(10-20)15(21)18-13-7-8-13/h3-6,11,13H,1-2,7-10H2,(H,18,21)(H,19,22)/t11-/m0/s1. The molecular weight excluding hydrogens is 302 g/mol. The van der Waals surface area contributed by atoms with Crippen LogP contribution in [0.2, 0.25) is 5.02 Å². The first-order valence-electron chi connectivity index (χ1n) is 7.74. The molecule has 1 atom stereocenters. The molecule has 1 saturated heterocycles. The smallest absolute Gasteiger partial charge is 0.321 e. The van der Waals surface area contributed by atoms with Crippen LogP contribution >= 0.6 is 11.6 Å². The number of amides is 3. The molecule has 1 aliphatic carbocycles. The van der Waals surface area contributed by atoms with Crippen LogP contribution in [-0.2, 0) is 4.79 Å². The minimum absolute atomic E-state index is 0.0893. The summed E-state index contributed by atoms with van der Waals surface area (Å²) in [4.78, 5) is 26.2. The molecule has 1 heterocycles. The molecule has 2 fully saturated rings. The summed E-state index contributed by atoms with van der Waals surface area (Å²) < 4.78 is 0. The van der Waals surface area contributed by atoms with Crippen molar-refractivity contribution in [2.75, 3.05) is 18.4 Å². The summed E-state index contributed by atoms with van der Waals surface area (Å²) in [6.45, 7) is 1.17. The Morgan fingerprint density at radius 1 is 1.14 bits per heavy atom. The lowest BCUT2D eigenvalue weighted by Crippen LogP contribution is -2.47. The molecule has 118 valence electrons. The third-order valence-corrected chi connectivity index (χ3v) is 4.35. The molecule has 2 aliphatic rings. The maximum absolute atomic E-state index is 12.3. The number of benzene rings is 1. The predicted molar refractivity (Wildman–Crippen MR) is 85.9 cm³/mol. The van der Waals surface area contributed by atoms with Gasteiger partial charge in [0.2, 0.25) is 5.91 Å². The Labute approximate surface area is 135 Å². The van der Waals surface area contributed by atoms with Crippen molar-refractivity contribution in [1.29, 1.82) is 0 Å². The third-order valence-electron chi connectivity index (χ3n) is 4.10. The summed E-state index contributed by atoms with van der Waals surface area (Å²) in [6, 6.07) is 7.21. The Kier molecular flexibility index (Phi) is 4.52. The van der Waals surface area contributed by atoms with Gasteiger partial charge in [0, 0.05) is 29.8 Å². The van der Waals surface area contributed by atoms with Crippen molar-refractivity contribution in [3.8, 4) is 0 Å². The fraction of sp³-hybridized carbons (Fsp3) is 0.500. The van der Waals surface area contributed by atoms with E-state index in [1.807, 2.05) is 0 Å². The summed E-state index contributed by atoms with van der Waals surface area (Å²) in [5, 5.41) is 6.51. The largest absolute Gasteiger partial charge is 0.353 e. The van der Waals surface area contributed by atoms with Gasteiger partial charge in [0.15, 0.2) is 0 Å². The van der Waals surface area contributed by atoms with E-state index >= 15 is 0 Å². The molecule has 0 aromatic heterocycles. The highest BCUT2D eigenvalue weighted by Gasteiger charge is 2.31. The van der Waals surface area contributed by atoms with Crippen molar-refractivity contribution >= 4 is 29.2 Å². The summed E-state index contributed by atoms with van der Waals surface area (Å²) >= 11 is 5.83. The van der Waals surface area contributed by atoms with Crippen LogP contribution in [0, 0.1) is 5.92 Å². The van der Waals surface area contributed by atoms with E-state index in [0.717, 1.165) is 25.7 Å². The van der Waals surface area contributed by atoms with Crippen LogP contribution in [0.25, 0.3) is 0 Å². The van der Waals surface area contributed by atoms with Gasteiger partial charge < -0.3 is 15.5 Å². The molecule has 0 radical (unpaired) electrons. The summed E-state index contributed by atoms with van der Waals surface area (Å²) in [5.74, 6) is -0.00295. The number of nitrogens with one attached hydrogen (secondary N) is 2. The number of rotatable bonds is 3. The van der Waals surface area contributed by atoms with Crippen LogP contribution in [0.3, 0.4) is 0 Å². The molecule has 2 N–H and O–H groups in total. The maximum Gasteiger partial charge on any atom is 0.321 e. The average Bonchev–Trinajstić information content (AvgIpc) is 3.33. The maximum atomic E-state index is 12.3. The molecule has 22 heavy (non-hydrogen) atoms. The van der Waals surface area contributed by atoms with Gasteiger partial charge in [0.25, 0.3) is 0 Å². The second-order valence-electron chi connectivity index (χ2n) is 6.01. The average molecular weight is 322 g/mol. The number of likely N-dealkylation sites (tertiary alicyclic amines) is 1. The normalized spacial score (nSPS) is 21.3. The summed E-state index contributed by atoms with van der Waals surface area (Å²) in [6.07, 6.45) is 3.87. The second-order valence-corrected chi connectivity index (χ2v) is 6.44. The van der Waals surface area contributed by atoms with Crippen molar-refractivity contribution in [3.63, 3.8) is 0 Å². The van der Waals surface area contributed by atoms with E-state index in [1.54, 1.807) is 29.2 Å². The zero-order valence-corrected chi connectivity index (χ0v) is 13.1. The van der Waals surface area contributed by atoms with E-state index in [-0.39, 0.29) is 17.9 Å². The number of hydrogen-bond donors (Lipinski definition) is 2. The van der Waals surface area contributed by atoms with E-state index in [1.165, 1.54) is 0 Å². The number of piperidine rings is 1. The molecule has 5 nitrogen and oxygen atoms in total. The van der Waals surface area contributed by atoms with Gasteiger partial charge in [-0.05, 0) is 49.9 Å². The van der Waals surface area contributed by atoms with Gasteiger partial charge in [-0.25, -0.2) is 4.79 Å². The van der Waals surface area contributed by atoms with Gasteiger partial charge >= 0.3 is 6.03 Å². The molecule has 1 aromatic rings. The van der Waals surface area contributed by atoms with Crippen LogP contribution in [0.1, 0.15) is 25.7 Å². The van der Waals surface area contributed by atoms with Crippen LogP contribution in [0.4, 0.5) is 10.5 Å². The van der Waals surface area contributed by atoms with Crippen molar-refractivity contribution in [2.24, 2.45) is 5.92 Å². The van der Waals surface area contributed by atoms with Crippen molar-refractivity contribution < 1.29 is 9.59 Å². The molecule has 1 saturated carbocycles. The highest BCUT2D eigenvalue weighted by Crippen LogP contribution is 2.23. The van der Waals surface area contributed by atoms with Crippen LogP contribution < -0.4 is 10.6 Å². The van der Waals surface area contributed by atoms with E-state index < -0.39 is 0 Å². The molecule has 3 amide bonds. The molecule has 0 bridgehead atoms. The number of hydrogen-bond acceptors (Lipinski definition) is 2. The lowest BCUT2D eigenvalue weighted by molar-refractivity contribution is -0.126. The molecular formula is C16H20ClN3O2. The van der Waals surface area contributed by atoms with Gasteiger partial charge in [0.1, 0.15) is 0 Å². The van der Waals surface area contributed by atoms with E-state index in [0.29, 0.717) is 29.8 Å². The van der Waals surface area contributed by atoms with Crippen LogP contribution in [0.15, 0.2) is 24.3 Å². The molecule has 1 aliphatic heterocycles. The van der Waals surface area contributed by atoms with E-state index in [4.69, 9.17) is 11.6 Å². The first kappa shape index (κ1) is 15.2. The highest BCUT2D eigenvalue weighted by atomic mass is 35.5. The fourth-order valence-electron chi connectivity index (χ4n) is 2.66. The Hall–Kier alpha value is -1.75. The SMILES string of the molecule is O=C(NC1CC1)[C@H]1CCCN(C(=O)Nc2ccc(Cl)cc2)C1. The topological polar surface area (TPSA) is 61.4 Å².